The first-order chi connectivity index (χ1) is 10.2. The Kier molecular flexibility index (Phi) is 6.48. The molecule has 1 aromatic carbocycles. The van der Waals surface area contributed by atoms with Gasteiger partial charge in [0.2, 0.25) is 0 Å². The fourth-order valence-electron chi connectivity index (χ4n) is 1.82. The smallest absolute Gasteiger partial charge is 0.406 e. The number of ether oxygens (including phenoxy) is 1. The minimum Gasteiger partial charge on any atom is -0.406 e. The zero-order valence-corrected chi connectivity index (χ0v) is 12.3. The summed E-state index contributed by atoms with van der Waals surface area (Å²) in [6.07, 6.45) is -4.40. The van der Waals surface area contributed by atoms with Gasteiger partial charge < -0.3 is 20.5 Å². The second-order valence-corrected chi connectivity index (χ2v) is 5.04. The van der Waals surface area contributed by atoms with Crippen LogP contribution in [0.1, 0.15) is 20.3 Å². The number of rotatable bonds is 6. The van der Waals surface area contributed by atoms with Crippen molar-refractivity contribution in [1.29, 1.82) is 0 Å². The van der Waals surface area contributed by atoms with Crippen LogP contribution >= 0.6 is 0 Å². The van der Waals surface area contributed by atoms with Crippen LogP contribution in [0.25, 0.3) is 0 Å². The van der Waals surface area contributed by atoms with E-state index < -0.39 is 18.1 Å². The van der Waals surface area contributed by atoms with E-state index in [4.69, 9.17) is 5.11 Å². The highest BCUT2D eigenvalue weighted by Gasteiger charge is 2.31. The first-order valence-electron chi connectivity index (χ1n) is 6.75. The average Bonchev–Trinajstić information content (AvgIpc) is 2.36. The van der Waals surface area contributed by atoms with Gasteiger partial charge in [0.05, 0.1) is 0 Å². The first kappa shape index (κ1) is 18.1. The zero-order valence-electron chi connectivity index (χ0n) is 12.3. The van der Waals surface area contributed by atoms with Gasteiger partial charge in [-0.2, -0.15) is 0 Å². The van der Waals surface area contributed by atoms with E-state index in [1.807, 2.05) is 13.8 Å². The number of benzene rings is 1. The number of halogens is 3. The van der Waals surface area contributed by atoms with Crippen molar-refractivity contribution in [2.75, 3.05) is 11.9 Å². The molecule has 3 N–H and O–H groups in total. The second kappa shape index (κ2) is 7.88. The number of carbonyl (C=O) groups excluding carboxylic acids is 1. The third-order valence-corrected chi connectivity index (χ3v) is 2.89. The minimum absolute atomic E-state index is 0.0714. The third kappa shape index (κ3) is 6.66. The van der Waals surface area contributed by atoms with Gasteiger partial charge in [-0.3, -0.25) is 0 Å². The van der Waals surface area contributed by atoms with Gasteiger partial charge in [0.15, 0.2) is 0 Å². The molecule has 1 unspecified atom stereocenters. The van der Waals surface area contributed by atoms with Gasteiger partial charge in [-0.1, -0.05) is 19.9 Å². The first-order valence-corrected chi connectivity index (χ1v) is 6.75. The fraction of sp³-hybridized carbons (Fsp3) is 0.500. The summed E-state index contributed by atoms with van der Waals surface area (Å²) in [7, 11) is 0. The van der Waals surface area contributed by atoms with E-state index in [-0.39, 0.29) is 24.3 Å². The molecule has 0 aliphatic heterocycles. The summed E-state index contributed by atoms with van der Waals surface area (Å²) in [6.45, 7) is 3.70. The quantitative estimate of drug-likeness (QED) is 0.754. The molecule has 0 bridgehead atoms. The molecular formula is C14H19F3N2O3. The van der Waals surface area contributed by atoms with E-state index in [1.54, 1.807) is 0 Å². The Morgan fingerprint density at radius 3 is 2.59 bits per heavy atom. The highest BCUT2D eigenvalue weighted by molar-refractivity contribution is 5.89. The Hall–Kier alpha value is -1.96. The maximum Gasteiger partial charge on any atom is 0.573 e. The number of carbonyl (C=O) groups is 1. The lowest BCUT2D eigenvalue weighted by molar-refractivity contribution is -0.274. The maximum atomic E-state index is 12.1. The number of hydrogen-bond donors (Lipinski definition) is 3. The summed E-state index contributed by atoms with van der Waals surface area (Å²) in [4.78, 5) is 11.8. The lowest BCUT2D eigenvalue weighted by Gasteiger charge is -2.21. The van der Waals surface area contributed by atoms with E-state index in [0.717, 1.165) is 12.1 Å². The molecule has 0 aromatic heterocycles. The van der Waals surface area contributed by atoms with Crippen LogP contribution in [0.3, 0.4) is 0 Å². The van der Waals surface area contributed by atoms with Crippen molar-refractivity contribution in [3.8, 4) is 5.75 Å². The lowest BCUT2D eigenvalue weighted by atomic mass is 10.0. The van der Waals surface area contributed by atoms with Crippen LogP contribution in [-0.2, 0) is 0 Å². The number of urea groups is 1. The van der Waals surface area contributed by atoms with Crippen molar-refractivity contribution in [2.24, 2.45) is 5.92 Å². The Bertz CT molecular complexity index is 492. The van der Waals surface area contributed by atoms with Crippen LogP contribution in [0, 0.1) is 5.92 Å². The highest BCUT2D eigenvalue weighted by atomic mass is 19.4. The predicted octanol–water partition coefficient (Wildman–Crippen LogP) is 3.11. The SMILES string of the molecule is CC(C)C(CCO)NC(=O)Nc1cccc(OC(F)(F)F)c1. The van der Waals surface area contributed by atoms with E-state index in [0.29, 0.717) is 6.42 Å². The van der Waals surface area contributed by atoms with Crippen LogP contribution < -0.4 is 15.4 Å². The van der Waals surface area contributed by atoms with Crippen molar-refractivity contribution in [3.05, 3.63) is 24.3 Å². The Balaban J connectivity index is 2.66. The monoisotopic (exact) mass is 320 g/mol. The van der Waals surface area contributed by atoms with E-state index in [9.17, 15) is 18.0 Å². The number of amides is 2. The molecule has 1 atom stereocenters. The van der Waals surface area contributed by atoms with Gasteiger partial charge in [0.25, 0.3) is 0 Å². The summed E-state index contributed by atoms with van der Waals surface area (Å²) >= 11 is 0. The average molecular weight is 320 g/mol. The Labute approximate surface area is 126 Å². The summed E-state index contributed by atoms with van der Waals surface area (Å²) in [6, 6.07) is 4.20. The molecule has 0 saturated carbocycles. The number of aliphatic hydroxyl groups is 1. The molecule has 1 aromatic rings. The summed E-state index contributed by atoms with van der Waals surface area (Å²) in [5.41, 5.74) is 0.172. The third-order valence-electron chi connectivity index (χ3n) is 2.89. The van der Waals surface area contributed by atoms with Crippen LogP contribution in [0.2, 0.25) is 0 Å². The normalized spacial score (nSPS) is 12.9. The van der Waals surface area contributed by atoms with Crippen molar-refractivity contribution in [1.82, 2.24) is 5.32 Å². The molecule has 124 valence electrons. The van der Waals surface area contributed by atoms with Gasteiger partial charge in [0.1, 0.15) is 5.75 Å². The topological polar surface area (TPSA) is 70.6 Å². The maximum absolute atomic E-state index is 12.1. The standard InChI is InChI=1S/C14H19F3N2O3/c1-9(2)12(6-7-20)19-13(21)18-10-4-3-5-11(8-10)22-14(15,16)17/h3-5,8-9,12,20H,6-7H2,1-2H3,(H2,18,19,21). The number of anilines is 1. The molecule has 0 heterocycles. The van der Waals surface area contributed by atoms with Crippen LogP contribution in [0.5, 0.6) is 5.75 Å². The summed E-state index contributed by atoms with van der Waals surface area (Å²) in [5, 5.41) is 14.0. The molecular weight excluding hydrogens is 301 g/mol. The van der Waals surface area contributed by atoms with Crippen LogP contribution in [0.4, 0.5) is 23.7 Å². The van der Waals surface area contributed by atoms with Gasteiger partial charge in [-0.15, -0.1) is 13.2 Å². The zero-order chi connectivity index (χ0) is 16.8. The molecule has 0 spiro atoms. The molecule has 0 radical (unpaired) electrons. The molecule has 5 nitrogen and oxygen atoms in total. The van der Waals surface area contributed by atoms with E-state index >= 15 is 0 Å². The van der Waals surface area contributed by atoms with Crippen molar-refractivity contribution < 1.29 is 27.8 Å². The second-order valence-electron chi connectivity index (χ2n) is 5.04. The van der Waals surface area contributed by atoms with Crippen molar-refractivity contribution in [3.63, 3.8) is 0 Å². The molecule has 2 amide bonds. The minimum atomic E-state index is -4.79. The molecule has 8 heteroatoms. The van der Waals surface area contributed by atoms with Gasteiger partial charge in [-0.05, 0) is 24.5 Å². The molecule has 0 aliphatic carbocycles. The number of nitrogens with one attached hydrogen (secondary N) is 2. The van der Waals surface area contributed by atoms with Crippen molar-refractivity contribution >= 4 is 11.7 Å². The largest absolute Gasteiger partial charge is 0.573 e. The molecule has 1 rings (SSSR count). The molecule has 0 aliphatic rings. The highest BCUT2D eigenvalue weighted by Crippen LogP contribution is 2.25. The number of alkyl halides is 3. The summed E-state index contributed by atoms with van der Waals surface area (Å²) in [5.74, 6) is -0.307. The van der Waals surface area contributed by atoms with Gasteiger partial charge in [-0.25, -0.2) is 4.79 Å². The lowest BCUT2D eigenvalue weighted by Crippen LogP contribution is -2.41. The van der Waals surface area contributed by atoms with Crippen LogP contribution in [0.15, 0.2) is 24.3 Å². The van der Waals surface area contributed by atoms with E-state index in [1.165, 1.54) is 12.1 Å². The molecule has 0 fully saturated rings. The Morgan fingerprint density at radius 2 is 2.05 bits per heavy atom. The van der Waals surface area contributed by atoms with Crippen molar-refractivity contribution in [2.45, 2.75) is 32.7 Å². The molecule has 0 saturated heterocycles. The molecule has 22 heavy (non-hydrogen) atoms. The van der Waals surface area contributed by atoms with Gasteiger partial charge in [0, 0.05) is 24.4 Å². The fourth-order valence-corrected chi connectivity index (χ4v) is 1.82. The summed E-state index contributed by atoms with van der Waals surface area (Å²) < 4.78 is 40.2. The number of aliphatic hydroxyl groups excluding tert-OH is 1. The Morgan fingerprint density at radius 1 is 1.36 bits per heavy atom. The predicted molar refractivity (Wildman–Crippen MR) is 75.6 cm³/mol. The van der Waals surface area contributed by atoms with Gasteiger partial charge >= 0.3 is 12.4 Å². The van der Waals surface area contributed by atoms with Crippen LogP contribution in [-0.4, -0.2) is 30.1 Å². The van der Waals surface area contributed by atoms with E-state index in [2.05, 4.69) is 15.4 Å². The number of hydrogen-bond acceptors (Lipinski definition) is 3.